The summed E-state index contributed by atoms with van der Waals surface area (Å²) in [5.41, 5.74) is 7.33. The summed E-state index contributed by atoms with van der Waals surface area (Å²) in [5, 5.41) is 0.871. The molecule has 0 aromatic heterocycles. The summed E-state index contributed by atoms with van der Waals surface area (Å²) in [6.45, 7) is 0. The van der Waals surface area contributed by atoms with E-state index in [2.05, 4.69) is 10.7 Å². The number of aliphatic imine (C=N–C) groups is 1. The van der Waals surface area contributed by atoms with E-state index in [4.69, 9.17) is 9.47 Å². The molecule has 0 bridgehead atoms. The number of halogens is 1. The smallest absolute Gasteiger partial charge is 0.471 e. The summed E-state index contributed by atoms with van der Waals surface area (Å²) in [4.78, 5) is 5.75. The molecule has 1 aromatic carbocycles. The molecule has 3 N–H and O–H groups in total. The van der Waals surface area contributed by atoms with Crippen LogP contribution in [0.5, 0.6) is 11.5 Å². The van der Waals surface area contributed by atoms with Gasteiger partial charge in [0, 0.05) is 6.42 Å². The lowest BCUT2D eigenvalue weighted by molar-refractivity contribution is -0.206. The average molecular weight is 376 g/mol. The third kappa shape index (κ3) is 2.02. The number of fused-ring (bicyclic) bond motifs is 2. The molecule has 0 saturated heterocycles. The van der Waals surface area contributed by atoms with Crippen LogP contribution in [-0.2, 0) is 6.42 Å². The zero-order valence-corrected chi connectivity index (χ0v) is 13.1. The van der Waals surface area contributed by atoms with Gasteiger partial charge in [-0.3, -0.25) is 5.73 Å². The van der Waals surface area contributed by atoms with Crippen molar-refractivity contribution in [2.45, 2.75) is 6.42 Å². The summed E-state index contributed by atoms with van der Waals surface area (Å²) in [6.07, 6.45) is 0.915. The highest BCUT2D eigenvalue weighted by Gasteiger charge is 2.40. The molecule has 1 aliphatic carbocycles. The van der Waals surface area contributed by atoms with Crippen molar-refractivity contribution < 1.29 is 39.2 Å². The van der Waals surface area contributed by atoms with Crippen LogP contribution in [0.4, 0.5) is 0 Å². The number of nitrogens with zero attached hydrogens (tertiary/aromatic N) is 1. The van der Waals surface area contributed by atoms with Gasteiger partial charge in [-0.2, -0.15) is 0 Å². The highest BCUT2D eigenvalue weighted by molar-refractivity contribution is 8.17. The zero-order valence-electron chi connectivity index (χ0n) is 10.1. The quantitative estimate of drug-likeness (QED) is 0.587. The molecule has 0 fully saturated rings. The number of hydrogen-bond donors (Lipinski definition) is 1. The van der Waals surface area contributed by atoms with Crippen LogP contribution >= 0.6 is 11.8 Å². The monoisotopic (exact) mass is 376 g/mol. The topological polar surface area (TPSA) is 60.2 Å². The number of allylic oxidation sites excluding steroid dienone is 1. The van der Waals surface area contributed by atoms with Crippen molar-refractivity contribution in [1.82, 2.24) is 4.99 Å². The standard InChI is InChI=1S/C12H12N2O2S.HI/c1-15-8-3-6-4-10-11(14-12(13)17-10)7(6)5-9(8)16-2;/h3,5H,4,13H2,1-2H3;1H/q+1;. The van der Waals surface area contributed by atoms with Gasteiger partial charge < -0.3 is 33.5 Å². The fourth-order valence-corrected chi connectivity index (χ4v) is 3.09. The molecule has 6 heteroatoms. The second-order valence-electron chi connectivity index (χ2n) is 3.92. The van der Waals surface area contributed by atoms with Crippen LogP contribution in [0.25, 0.3) is 5.70 Å². The first-order chi connectivity index (χ1) is 8.22. The van der Waals surface area contributed by atoms with Crippen LogP contribution in [0.15, 0.2) is 17.0 Å². The van der Waals surface area contributed by atoms with Gasteiger partial charge in [-0.1, -0.05) is 0 Å². The van der Waals surface area contributed by atoms with Crippen molar-refractivity contribution in [3.05, 3.63) is 28.2 Å². The Bertz CT molecular complexity index is 569. The summed E-state index contributed by atoms with van der Waals surface area (Å²) in [7, 11) is 3.30. The van der Waals surface area contributed by atoms with Crippen LogP contribution in [0, 0.1) is 0 Å². The van der Waals surface area contributed by atoms with Gasteiger partial charge in [-0.05, 0) is 17.7 Å². The molecule has 0 atom stereocenters. The first-order valence-corrected chi connectivity index (χ1v) is 6.11. The zero-order chi connectivity index (χ0) is 12.0. The van der Waals surface area contributed by atoms with Crippen molar-refractivity contribution in [3.63, 3.8) is 0 Å². The van der Waals surface area contributed by atoms with E-state index in [1.807, 2.05) is 12.1 Å². The first-order valence-electron chi connectivity index (χ1n) is 5.30. The molecule has 3 rings (SSSR count). The van der Waals surface area contributed by atoms with Gasteiger partial charge >= 0.3 is 10.9 Å². The van der Waals surface area contributed by atoms with E-state index in [-0.39, 0.29) is 24.0 Å². The number of benzene rings is 1. The fraction of sp³-hybridized carbons (Fsp3) is 0.250. The number of rotatable bonds is 2. The number of thioether (sulfide) groups is 1. The highest BCUT2D eigenvalue weighted by atomic mass is 127. The Kier molecular flexibility index (Phi) is 3.88. The van der Waals surface area contributed by atoms with Gasteiger partial charge in [0.15, 0.2) is 11.5 Å². The molecule has 0 unspecified atom stereocenters. The molecule has 0 spiro atoms. The minimum Gasteiger partial charge on any atom is -1.00 e. The highest BCUT2D eigenvalue weighted by Crippen LogP contribution is 2.44. The molecular formula is C12H13IN2O2S+. The Morgan fingerprint density at radius 2 is 1.89 bits per heavy atom. The molecule has 0 amide bonds. The van der Waals surface area contributed by atoms with Crippen LogP contribution in [-0.4, -0.2) is 19.4 Å². The van der Waals surface area contributed by atoms with Crippen LogP contribution in [0.1, 0.15) is 11.1 Å². The Morgan fingerprint density at radius 1 is 1.22 bits per heavy atom. The predicted molar refractivity (Wildman–Crippen MR) is 67.8 cm³/mol. The molecule has 1 aliphatic heterocycles. The number of ether oxygens (including phenoxy) is 2. The second kappa shape index (κ2) is 5.10. The van der Waals surface area contributed by atoms with Crippen molar-refractivity contribution in [3.8, 4) is 11.5 Å². The van der Waals surface area contributed by atoms with E-state index in [1.165, 1.54) is 10.5 Å². The van der Waals surface area contributed by atoms with Gasteiger partial charge in [0.1, 0.15) is 4.99 Å². The van der Waals surface area contributed by atoms with Crippen molar-refractivity contribution >= 4 is 22.6 Å². The number of quaternary nitrogens is 1. The maximum Gasteiger partial charge on any atom is 0.471 e. The number of hydrogen-bond acceptors (Lipinski definition) is 4. The maximum atomic E-state index is 5.32. The molecule has 1 aromatic rings. The first kappa shape index (κ1) is 13.7. The van der Waals surface area contributed by atoms with Crippen molar-refractivity contribution in [2.75, 3.05) is 14.2 Å². The lowest BCUT2D eigenvalue weighted by atomic mass is 10.1. The molecule has 0 saturated carbocycles. The Morgan fingerprint density at radius 3 is 2.56 bits per heavy atom. The molecule has 18 heavy (non-hydrogen) atoms. The summed E-state index contributed by atoms with van der Waals surface area (Å²) in [6, 6.07) is 4.03. The van der Waals surface area contributed by atoms with E-state index >= 15 is 0 Å². The van der Waals surface area contributed by atoms with Crippen LogP contribution in [0.3, 0.4) is 0 Å². The van der Waals surface area contributed by atoms with Gasteiger partial charge in [-0.15, -0.1) is 0 Å². The largest absolute Gasteiger partial charge is 1.00 e. The van der Waals surface area contributed by atoms with Crippen molar-refractivity contribution in [2.24, 2.45) is 0 Å². The summed E-state index contributed by atoms with van der Waals surface area (Å²) < 4.78 is 10.6. The predicted octanol–water partition coefficient (Wildman–Crippen LogP) is -2.39. The Balaban J connectivity index is 0.00000120. The number of methoxy groups -OCH3 is 2. The SMILES string of the molecule is COc1cc2c(cc1OC)C1=C(C2)SC([NH3+])=[N+]1.[I-]. The third-order valence-electron chi connectivity index (χ3n) is 2.96. The second-order valence-corrected chi connectivity index (χ2v) is 5.09. The lowest BCUT2D eigenvalue weighted by Crippen LogP contribution is -3.00. The number of amidine groups is 1. The minimum absolute atomic E-state index is 0. The minimum atomic E-state index is 0. The average Bonchev–Trinajstić information content (AvgIpc) is 2.82. The van der Waals surface area contributed by atoms with Crippen LogP contribution in [0.2, 0.25) is 0 Å². The van der Waals surface area contributed by atoms with E-state index in [0.717, 1.165) is 34.3 Å². The van der Waals surface area contributed by atoms with Crippen molar-refractivity contribution in [1.29, 1.82) is 0 Å². The summed E-state index contributed by atoms with van der Waals surface area (Å²) in [5.74, 6) is 1.52. The Labute approximate surface area is 127 Å². The van der Waals surface area contributed by atoms with E-state index in [1.54, 1.807) is 26.0 Å². The molecule has 2 aliphatic rings. The third-order valence-corrected chi connectivity index (χ3v) is 3.87. The van der Waals surface area contributed by atoms with Gasteiger partial charge in [0.25, 0.3) is 0 Å². The maximum absolute atomic E-state index is 5.32. The molecule has 1 radical (unpaired) electrons. The molecule has 4 nitrogen and oxygen atoms in total. The van der Waals surface area contributed by atoms with Gasteiger partial charge in [0.2, 0.25) is 0 Å². The lowest BCUT2D eigenvalue weighted by Gasteiger charge is -2.09. The molecular weight excluding hydrogens is 363 g/mol. The van der Waals surface area contributed by atoms with E-state index in [9.17, 15) is 0 Å². The van der Waals surface area contributed by atoms with E-state index in [0.29, 0.717) is 0 Å². The molecule has 1 heterocycles. The van der Waals surface area contributed by atoms with Gasteiger partial charge in [-0.25, -0.2) is 0 Å². The summed E-state index contributed by atoms with van der Waals surface area (Å²) >= 11 is 1.66. The Hall–Kier alpha value is -0.730. The van der Waals surface area contributed by atoms with E-state index < -0.39 is 0 Å². The van der Waals surface area contributed by atoms with Crippen LogP contribution < -0.4 is 44.2 Å². The van der Waals surface area contributed by atoms with Gasteiger partial charge in [0.05, 0.1) is 36.5 Å². The fourth-order valence-electron chi connectivity index (χ4n) is 2.19. The molecule has 95 valence electrons. The normalized spacial score (nSPS) is 15.8.